The minimum atomic E-state index is -0.653. The number of pyridine rings is 1. The zero-order chi connectivity index (χ0) is 26.7. The third kappa shape index (κ3) is 7.90. The second kappa shape index (κ2) is 13.4. The van der Waals surface area contributed by atoms with E-state index in [1.165, 1.54) is 0 Å². The first-order valence-electron chi connectivity index (χ1n) is 12.8. The van der Waals surface area contributed by atoms with E-state index in [0.717, 1.165) is 39.8 Å². The van der Waals surface area contributed by atoms with Crippen LogP contribution in [0.5, 0.6) is 0 Å². The molecule has 1 heterocycles. The first-order chi connectivity index (χ1) is 18.5. The largest absolute Gasteiger partial charge is 0.387 e. The molecule has 0 bridgehead atoms. The van der Waals surface area contributed by atoms with Crippen molar-refractivity contribution in [2.45, 2.75) is 38.6 Å². The molecule has 196 valence electrons. The number of amides is 2. The number of hydrogen-bond acceptors (Lipinski definition) is 5. The predicted octanol–water partition coefficient (Wildman–Crippen LogP) is 4.58. The lowest BCUT2D eigenvalue weighted by Crippen LogP contribution is -2.34. The molecule has 1 aromatic heterocycles. The quantitative estimate of drug-likeness (QED) is 0.203. The number of anilines is 1. The smallest absolute Gasteiger partial charge is 0.315 e. The van der Waals surface area contributed by atoms with Gasteiger partial charge in [0, 0.05) is 37.4 Å². The van der Waals surface area contributed by atoms with Gasteiger partial charge in [0.2, 0.25) is 0 Å². The number of aliphatic hydroxyl groups excluding tert-OH is 1. The van der Waals surface area contributed by atoms with Crippen LogP contribution >= 0.6 is 0 Å². The van der Waals surface area contributed by atoms with Crippen molar-refractivity contribution in [2.75, 3.05) is 12.3 Å². The summed E-state index contributed by atoms with van der Waals surface area (Å²) in [6.07, 6.45) is 1.74. The Bertz CT molecular complexity index is 1310. The molecule has 6 N–H and O–H groups in total. The van der Waals surface area contributed by atoms with E-state index < -0.39 is 6.10 Å². The maximum Gasteiger partial charge on any atom is 0.315 e. The van der Waals surface area contributed by atoms with Crippen molar-refractivity contribution in [3.63, 3.8) is 0 Å². The molecule has 2 amide bonds. The van der Waals surface area contributed by atoms with Gasteiger partial charge in [0.25, 0.3) is 0 Å². The van der Waals surface area contributed by atoms with E-state index in [9.17, 15) is 9.90 Å². The van der Waals surface area contributed by atoms with Crippen molar-refractivity contribution in [3.8, 4) is 11.1 Å². The summed E-state index contributed by atoms with van der Waals surface area (Å²) in [5.74, 6) is 0.433. The van der Waals surface area contributed by atoms with Gasteiger partial charge in [0.1, 0.15) is 5.82 Å². The normalized spacial score (nSPS) is 12.5. The highest BCUT2D eigenvalue weighted by atomic mass is 16.3. The van der Waals surface area contributed by atoms with Gasteiger partial charge in [-0.1, -0.05) is 84.9 Å². The minimum Gasteiger partial charge on any atom is -0.387 e. The van der Waals surface area contributed by atoms with Gasteiger partial charge < -0.3 is 26.8 Å². The molecule has 2 atom stereocenters. The number of nitrogens with one attached hydrogen (secondary N) is 3. The predicted molar refractivity (Wildman–Crippen MR) is 152 cm³/mol. The van der Waals surface area contributed by atoms with E-state index in [0.29, 0.717) is 25.5 Å². The zero-order valence-electron chi connectivity index (χ0n) is 21.6. The molecule has 4 aromatic rings. The van der Waals surface area contributed by atoms with E-state index in [1.54, 1.807) is 18.3 Å². The maximum atomic E-state index is 12.5. The fourth-order valence-electron chi connectivity index (χ4n) is 4.33. The molecule has 7 heteroatoms. The van der Waals surface area contributed by atoms with E-state index in [1.807, 2.05) is 48.5 Å². The van der Waals surface area contributed by atoms with Crippen molar-refractivity contribution < 1.29 is 9.90 Å². The third-order valence-corrected chi connectivity index (χ3v) is 6.38. The molecule has 0 saturated heterocycles. The fourth-order valence-corrected chi connectivity index (χ4v) is 4.33. The third-order valence-electron chi connectivity index (χ3n) is 6.38. The van der Waals surface area contributed by atoms with E-state index in [2.05, 4.69) is 58.2 Å². The van der Waals surface area contributed by atoms with Crippen LogP contribution in [-0.4, -0.2) is 28.7 Å². The van der Waals surface area contributed by atoms with Crippen molar-refractivity contribution in [3.05, 3.63) is 119 Å². The van der Waals surface area contributed by atoms with Crippen LogP contribution in [0, 0.1) is 0 Å². The topological polar surface area (TPSA) is 112 Å². The first kappa shape index (κ1) is 26.9. The molecule has 0 radical (unpaired) electrons. The summed E-state index contributed by atoms with van der Waals surface area (Å²) in [7, 11) is 0. The zero-order valence-corrected chi connectivity index (χ0v) is 21.6. The Balaban J connectivity index is 1.23. The molecule has 0 saturated carbocycles. The van der Waals surface area contributed by atoms with E-state index in [-0.39, 0.29) is 12.1 Å². The van der Waals surface area contributed by atoms with Gasteiger partial charge in [-0.05, 0) is 47.2 Å². The maximum absolute atomic E-state index is 12.5. The second-order valence-electron chi connectivity index (χ2n) is 9.42. The molecule has 38 heavy (non-hydrogen) atoms. The molecule has 1 unspecified atom stereocenters. The number of carbonyl (C=O) groups excluding carboxylic acids is 1. The SMILES string of the molecule is CC(Cc1cccc(CNC(=O)NCc2ccccc2-c2ccccc2)c1)NC[C@H](O)c1ccc(N)nc1. The number of benzene rings is 3. The number of hydrogen-bond donors (Lipinski definition) is 5. The van der Waals surface area contributed by atoms with Crippen LogP contribution in [0.2, 0.25) is 0 Å². The van der Waals surface area contributed by atoms with Gasteiger partial charge >= 0.3 is 6.03 Å². The van der Waals surface area contributed by atoms with Crippen LogP contribution in [0.25, 0.3) is 11.1 Å². The number of aromatic nitrogens is 1. The van der Waals surface area contributed by atoms with Crippen molar-refractivity contribution >= 4 is 11.8 Å². The van der Waals surface area contributed by atoms with Gasteiger partial charge in [-0.2, -0.15) is 0 Å². The molecule has 7 nitrogen and oxygen atoms in total. The number of nitrogen functional groups attached to an aromatic ring is 1. The molecule has 4 rings (SSSR count). The monoisotopic (exact) mass is 509 g/mol. The van der Waals surface area contributed by atoms with Gasteiger partial charge in [-0.15, -0.1) is 0 Å². The molecule has 0 aliphatic carbocycles. The second-order valence-corrected chi connectivity index (χ2v) is 9.42. The number of rotatable bonds is 11. The number of carbonyl (C=O) groups is 1. The fraction of sp³-hybridized carbons (Fsp3) is 0.226. The van der Waals surface area contributed by atoms with Gasteiger partial charge in [-0.25, -0.2) is 9.78 Å². The minimum absolute atomic E-state index is 0.155. The summed E-state index contributed by atoms with van der Waals surface area (Å²) in [6.45, 7) is 3.38. The molecule has 0 spiro atoms. The van der Waals surface area contributed by atoms with Crippen LogP contribution < -0.4 is 21.7 Å². The van der Waals surface area contributed by atoms with Crippen LogP contribution in [0.15, 0.2) is 97.2 Å². The first-order valence-corrected chi connectivity index (χ1v) is 12.8. The highest BCUT2D eigenvalue weighted by Gasteiger charge is 2.11. The van der Waals surface area contributed by atoms with Crippen molar-refractivity contribution in [1.29, 1.82) is 0 Å². The van der Waals surface area contributed by atoms with Gasteiger partial charge in [0.05, 0.1) is 6.10 Å². The van der Waals surface area contributed by atoms with E-state index >= 15 is 0 Å². The highest BCUT2D eigenvalue weighted by molar-refractivity contribution is 5.74. The van der Waals surface area contributed by atoms with Gasteiger partial charge in [-0.3, -0.25) is 0 Å². The summed E-state index contributed by atoms with van der Waals surface area (Å²) < 4.78 is 0. The Morgan fingerprint density at radius 1 is 0.895 bits per heavy atom. The van der Waals surface area contributed by atoms with Crippen molar-refractivity contribution in [2.24, 2.45) is 0 Å². The number of aliphatic hydroxyl groups is 1. The van der Waals surface area contributed by atoms with Gasteiger partial charge in [0.15, 0.2) is 0 Å². The lowest BCUT2D eigenvalue weighted by Gasteiger charge is -2.18. The number of nitrogens with zero attached hydrogens (tertiary/aromatic N) is 1. The Morgan fingerprint density at radius 2 is 1.63 bits per heavy atom. The summed E-state index contributed by atoms with van der Waals surface area (Å²) >= 11 is 0. The summed E-state index contributed by atoms with van der Waals surface area (Å²) in [5.41, 5.74) is 11.8. The Kier molecular flexibility index (Phi) is 9.45. The molecule has 3 aromatic carbocycles. The average molecular weight is 510 g/mol. The molecular formula is C31H35N5O2. The lowest BCUT2D eigenvalue weighted by molar-refractivity contribution is 0.170. The molecule has 0 aliphatic rings. The van der Waals surface area contributed by atoms with E-state index in [4.69, 9.17) is 5.73 Å². The lowest BCUT2D eigenvalue weighted by atomic mass is 10.00. The van der Waals surface area contributed by atoms with Crippen LogP contribution in [-0.2, 0) is 19.5 Å². The Morgan fingerprint density at radius 3 is 2.42 bits per heavy atom. The average Bonchev–Trinajstić information content (AvgIpc) is 2.95. The number of urea groups is 1. The molecular weight excluding hydrogens is 474 g/mol. The van der Waals surface area contributed by atoms with Crippen LogP contribution in [0.3, 0.4) is 0 Å². The Labute approximate surface area is 224 Å². The molecule has 0 fully saturated rings. The number of nitrogens with two attached hydrogens (primary N) is 1. The van der Waals surface area contributed by atoms with Crippen LogP contribution in [0.1, 0.15) is 35.3 Å². The van der Waals surface area contributed by atoms with Crippen molar-refractivity contribution in [1.82, 2.24) is 20.9 Å². The summed E-state index contributed by atoms with van der Waals surface area (Å²) in [6, 6.07) is 29.9. The molecule has 0 aliphatic heterocycles. The van der Waals surface area contributed by atoms with Crippen LogP contribution in [0.4, 0.5) is 10.6 Å². The Hall–Kier alpha value is -4.20. The standard InChI is InChI=1S/C31H35N5O2/c1-22(33-21-29(37)27-14-15-30(32)34-20-27)16-23-8-7-9-24(17-23)18-35-31(38)36-19-26-12-5-6-13-28(26)25-10-3-2-4-11-25/h2-15,17,20,22,29,33,37H,16,18-19,21H2,1H3,(H2,32,34)(H2,35,36,38)/t22?,29-/m0/s1. The summed E-state index contributed by atoms with van der Waals surface area (Å²) in [5, 5.41) is 19.7. The highest BCUT2D eigenvalue weighted by Crippen LogP contribution is 2.23. The summed E-state index contributed by atoms with van der Waals surface area (Å²) in [4.78, 5) is 16.6.